The highest BCUT2D eigenvalue weighted by Crippen LogP contribution is 2.21. The highest BCUT2D eigenvalue weighted by atomic mass is 35.5. The smallest absolute Gasteiger partial charge is 0.127 e. The van der Waals surface area contributed by atoms with Crippen molar-refractivity contribution < 1.29 is 9.13 Å². The van der Waals surface area contributed by atoms with Crippen LogP contribution in [0.2, 0.25) is 5.02 Å². The Morgan fingerprint density at radius 1 is 1.44 bits per heavy atom. The average Bonchev–Trinajstić information content (AvgIpc) is 2.37. The van der Waals surface area contributed by atoms with Crippen LogP contribution in [0, 0.1) is 5.82 Å². The van der Waals surface area contributed by atoms with E-state index in [2.05, 4.69) is 5.43 Å². The average molecular weight is 275 g/mol. The molecule has 0 aromatic heterocycles. The van der Waals surface area contributed by atoms with Gasteiger partial charge in [-0.1, -0.05) is 17.7 Å². The molecule has 1 aromatic rings. The number of halogens is 2. The first kappa shape index (κ1) is 15.4. The minimum absolute atomic E-state index is 0.0167. The molecule has 0 heterocycles. The first-order valence-corrected chi connectivity index (χ1v) is 6.38. The maximum atomic E-state index is 13.6. The van der Waals surface area contributed by atoms with Crippen LogP contribution in [0.4, 0.5) is 4.39 Å². The molecule has 2 atom stereocenters. The Bertz CT molecular complexity index is 356. The Morgan fingerprint density at radius 2 is 2.17 bits per heavy atom. The van der Waals surface area contributed by atoms with Gasteiger partial charge in [-0.3, -0.25) is 11.3 Å². The van der Waals surface area contributed by atoms with E-state index in [1.807, 2.05) is 6.92 Å². The minimum atomic E-state index is -0.289. The molecule has 3 nitrogen and oxygen atoms in total. The maximum Gasteiger partial charge on any atom is 0.127 e. The Kier molecular flexibility index (Phi) is 6.57. The van der Waals surface area contributed by atoms with Crippen molar-refractivity contribution in [1.82, 2.24) is 5.43 Å². The van der Waals surface area contributed by atoms with Crippen molar-refractivity contribution in [2.75, 3.05) is 7.11 Å². The molecular weight excluding hydrogens is 255 g/mol. The lowest BCUT2D eigenvalue weighted by molar-refractivity contribution is 0.106. The summed E-state index contributed by atoms with van der Waals surface area (Å²) in [7, 11) is 1.67. The SMILES string of the molecule is COC(C)CCC(Cc1c(F)cccc1Cl)NN. The number of benzene rings is 1. The van der Waals surface area contributed by atoms with E-state index in [0.29, 0.717) is 17.0 Å². The molecule has 1 rings (SSSR count). The quantitative estimate of drug-likeness (QED) is 0.594. The van der Waals surface area contributed by atoms with E-state index in [9.17, 15) is 4.39 Å². The van der Waals surface area contributed by atoms with Gasteiger partial charge in [-0.2, -0.15) is 0 Å². The zero-order chi connectivity index (χ0) is 13.5. The normalized spacial score (nSPS) is 14.5. The van der Waals surface area contributed by atoms with Gasteiger partial charge in [0.25, 0.3) is 0 Å². The van der Waals surface area contributed by atoms with Gasteiger partial charge in [-0.25, -0.2) is 4.39 Å². The number of methoxy groups -OCH3 is 1. The van der Waals surface area contributed by atoms with Crippen molar-refractivity contribution in [1.29, 1.82) is 0 Å². The standard InChI is InChI=1S/C13H20ClFN2O/c1-9(18-2)6-7-10(17-16)8-11-12(14)4-3-5-13(11)15/h3-5,9-10,17H,6-8,16H2,1-2H3. The molecule has 3 N–H and O–H groups in total. The Balaban J connectivity index is 2.62. The fourth-order valence-electron chi connectivity index (χ4n) is 1.77. The summed E-state index contributed by atoms with van der Waals surface area (Å²) in [4.78, 5) is 0. The summed E-state index contributed by atoms with van der Waals surface area (Å²) in [6.07, 6.45) is 2.29. The van der Waals surface area contributed by atoms with Gasteiger partial charge in [-0.05, 0) is 38.3 Å². The van der Waals surface area contributed by atoms with Crippen molar-refractivity contribution in [2.45, 2.75) is 38.3 Å². The van der Waals surface area contributed by atoms with E-state index >= 15 is 0 Å². The topological polar surface area (TPSA) is 47.3 Å². The summed E-state index contributed by atoms with van der Waals surface area (Å²) in [5.74, 6) is 5.20. The van der Waals surface area contributed by atoms with Crippen molar-refractivity contribution >= 4 is 11.6 Å². The molecular formula is C13H20ClFN2O. The van der Waals surface area contributed by atoms with Crippen molar-refractivity contribution in [3.63, 3.8) is 0 Å². The predicted molar refractivity (Wildman–Crippen MR) is 71.9 cm³/mol. The summed E-state index contributed by atoms with van der Waals surface area (Å²) < 4.78 is 18.8. The fraction of sp³-hybridized carbons (Fsp3) is 0.538. The van der Waals surface area contributed by atoms with E-state index in [1.165, 1.54) is 6.07 Å². The predicted octanol–water partition coefficient (Wildman–Crippen LogP) is 2.67. The summed E-state index contributed by atoms with van der Waals surface area (Å²) >= 11 is 5.99. The Morgan fingerprint density at radius 3 is 2.72 bits per heavy atom. The zero-order valence-corrected chi connectivity index (χ0v) is 11.5. The van der Waals surface area contributed by atoms with Gasteiger partial charge in [0.15, 0.2) is 0 Å². The number of hydrogen-bond acceptors (Lipinski definition) is 3. The number of hydrogen-bond donors (Lipinski definition) is 2. The van der Waals surface area contributed by atoms with Crippen LogP contribution < -0.4 is 11.3 Å². The van der Waals surface area contributed by atoms with Gasteiger partial charge in [-0.15, -0.1) is 0 Å². The molecule has 0 saturated heterocycles. The van der Waals surface area contributed by atoms with Crippen molar-refractivity contribution in [3.05, 3.63) is 34.6 Å². The van der Waals surface area contributed by atoms with Gasteiger partial charge in [0, 0.05) is 23.7 Å². The van der Waals surface area contributed by atoms with E-state index in [1.54, 1.807) is 19.2 Å². The number of ether oxygens (including phenoxy) is 1. The molecule has 18 heavy (non-hydrogen) atoms. The molecule has 0 aliphatic heterocycles. The van der Waals surface area contributed by atoms with Crippen molar-refractivity contribution in [3.8, 4) is 0 Å². The molecule has 102 valence electrons. The third kappa shape index (κ3) is 4.53. The van der Waals surface area contributed by atoms with Crippen LogP contribution in [0.1, 0.15) is 25.3 Å². The molecule has 0 radical (unpaired) electrons. The highest BCUT2D eigenvalue weighted by molar-refractivity contribution is 6.31. The Labute approximate surface area is 112 Å². The fourth-order valence-corrected chi connectivity index (χ4v) is 2.01. The van der Waals surface area contributed by atoms with E-state index in [-0.39, 0.29) is 18.0 Å². The molecule has 2 unspecified atom stereocenters. The maximum absolute atomic E-state index is 13.6. The van der Waals surface area contributed by atoms with Crippen molar-refractivity contribution in [2.24, 2.45) is 5.84 Å². The van der Waals surface area contributed by atoms with Gasteiger partial charge in [0.1, 0.15) is 5.82 Å². The number of hydrazine groups is 1. The van der Waals surface area contributed by atoms with Gasteiger partial charge in [0.05, 0.1) is 6.10 Å². The van der Waals surface area contributed by atoms with Crippen LogP contribution in [-0.4, -0.2) is 19.3 Å². The second kappa shape index (κ2) is 7.69. The highest BCUT2D eigenvalue weighted by Gasteiger charge is 2.14. The molecule has 5 heteroatoms. The largest absolute Gasteiger partial charge is 0.382 e. The molecule has 1 aromatic carbocycles. The zero-order valence-electron chi connectivity index (χ0n) is 10.7. The first-order valence-electron chi connectivity index (χ1n) is 6.00. The summed E-state index contributed by atoms with van der Waals surface area (Å²) in [5, 5.41) is 0.440. The van der Waals surface area contributed by atoms with Gasteiger partial charge < -0.3 is 4.74 Å². The molecule has 0 bridgehead atoms. The molecule has 0 saturated carbocycles. The van der Waals surface area contributed by atoms with E-state index in [0.717, 1.165) is 12.8 Å². The Hall–Kier alpha value is -0.680. The summed E-state index contributed by atoms with van der Waals surface area (Å²) in [6.45, 7) is 1.99. The molecule has 0 aliphatic rings. The second-order valence-electron chi connectivity index (χ2n) is 4.39. The third-order valence-corrected chi connectivity index (χ3v) is 3.43. The van der Waals surface area contributed by atoms with Crippen LogP contribution >= 0.6 is 11.6 Å². The number of nitrogens with two attached hydrogens (primary N) is 1. The summed E-state index contributed by atoms with van der Waals surface area (Å²) in [6, 6.07) is 4.67. The molecule has 0 fully saturated rings. The number of rotatable bonds is 7. The van der Waals surface area contributed by atoms with Crippen LogP contribution in [0.5, 0.6) is 0 Å². The second-order valence-corrected chi connectivity index (χ2v) is 4.80. The molecule has 0 spiro atoms. The first-order chi connectivity index (χ1) is 8.58. The van der Waals surface area contributed by atoms with Gasteiger partial charge >= 0.3 is 0 Å². The molecule has 0 aliphatic carbocycles. The summed E-state index contributed by atoms with van der Waals surface area (Å²) in [5.41, 5.74) is 3.21. The van der Waals surface area contributed by atoms with Crippen LogP contribution in [0.25, 0.3) is 0 Å². The lowest BCUT2D eigenvalue weighted by Gasteiger charge is -2.19. The van der Waals surface area contributed by atoms with Crippen LogP contribution in [0.3, 0.4) is 0 Å². The lowest BCUT2D eigenvalue weighted by atomic mass is 10.0. The van der Waals surface area contributed by atoms with Crippen LogP contribution in [0.15, 0.2) is 18.2 Å². The number of nitrogens with one attached hydrogen (secondary N) is 1. The third-order valence-electron chi connectivity index (χ3n) is 3.07. The van der Waals surface area contributed by atoms with Crippen LogP contribution in [-0.2, 0) is 11.2 Å². The monoisotopic (exact) mass is 274 g/mol. The molecule has 0 amide bonds. The van der Waals surface area contributed by atoms with E-state index in [4.69, 9.17) is 22.2 Å². The minimum Gasteiger partial charge on any atom is -0.382 e. The van der Waals surface area contributed by atoms with Gasteiger partial charge in [0.2, 0.25) is 0 Å². The van der Waals surface area contributed by atoms with E-state index < -0.39 is 0 Å². The lowest BCUT2D eigenvalue weighted by Crippen LogP contribution is -2.37.